The van der Waals surface area contributed by atoms with E-state index >= 15 is 0 Å². The normalized spacial score (nSPS) is 9.90. The van der Waals surface area contributed by atoms with Gasteiger partial charge in [0.15, 0.2) is 0 Å². The summed E-state index contributed by atoms with van der Waals surface area (Å²) in [6.45, 7) is 0.428. The van der Waals surface area contributed by atoms with Gasteiger partial charge in [0.1, 0.15) is 0 Å². The lowest BCUT2D eigenvalue weighted by Crippen LogP contribution is -2.20. The van der Waals surface area contributed by atoms with E-state index < -0.39 is 5.97 Å². The molecule has 0 aliphatic carbocycles. The highest BCUT2D eigenvalue weighted by molar-refractivity contribution is 9.10. The second-order valence-electron chi connectivity index (χ2n) is 4.36. The van der Waals surface area contributed by atoms with Gasteiger partial charge in [0.2, 0.25) is 0 Å². The minimum atomic E-state index is -0.990. The van der Waals surface area contributed by atoms with Gasteiger partial charge >= 0.3 is 5.97 Å². The Balaban J connectivity index is 2.53. The number of nitrogens with zero attached hydrogens (tertiary/aromatic N) is 2. The van der Waals surface area contributed by atoms with E-state index in [1.165, 1.54) is 0 Å². The third-order valence-corrected chi connectivity index (χ3v) is 3.49. The van der Waals surface area contributed by atoms with E-state index in [0.29, 0.717) is 18.7 Å². The van der Waals surface area contributed by atoms with Gasteiger partial charge in [-0.2, -0.15) is 5.26 Å². The molecule has 0 unspecified atom stereocenters. The third kappa shape index (κ3) is 3.61. The van der Waals surface area contributed by atoms with E-state index in [9.17, 15) is 9.90 Å². The van der Waals surface area contributed by atoms with Gasteiger partial charge in [-0.25, -0.2) is 4.79 Å². The summed E-state index contributed by atoms with van der Waals surface area (Å²) in [5, 5.41) is 18.2. The summed E-state index contributed by atoms with van der Waals surface area (Å²) >= 11 is 3.37. The van der Waals surface area contributed by atoms with Crippen LogP contribution in [0.3, 0.4) is 0 Å². The average Bonchev–Trinajstić information content (AvgIpc) is 2.48. The molecular weight excluding hydrogens is 332 g/mol. The fourth-order valence-electron chi connectivity index (χ4n) is 2.07. The van der Waals surface area contributed by atoms with Crippen LogP contribution < -0.4 is 4.90 Å². The van der Waals surface area contributed by atoms with Crippen molar-refractivity contribution >= 4 is 33.3 Å². The van der Waals surface area contributed by atoms with E-state index in [0.717, 1.165) is 10.2 Å². The lowest BCUT2D eigenvalue weighted by Gasteiger charge is -2.25. The van der Waals surface area contributed by atoms with Crippen LogP contribution >= 0.6 is 15.9 Å². The first kappa shape index (κ1) is 15.1. The SMILES string of the molecule is N#CCCN(c1ccccc1)c1cc(Br)ccc1C(=O)O. The summed E-state index contributed by atoms with van der Waals surface area (Å²) in [6.07, 6.45) is 0.306. The van der Waals surface area contributed by atoms with Gasteiger partial charge in [-0.05, 0) is 30.3 Å². The zero-order valence-electron chi connectivity index (χ0n) is 11.2. The standard InChI is InChI=1S/C16H13BrN2O2/c17-12-7-8-14(16(20)21)15(11-12)19(10-4-9-18)13-5-2-1-3-6-13/h1-3,5-8,11H,4,10H2,(H,20,21). The summed E-state index contributed by atoms with van der Waals surface area (Å²) in [7, 11) is 0. The molecule has 0 spiro atoms. The first-order valence-corrected chi connectivity index (χ1v) is 7.15. The molecule has 5 heteroatoms. The Morgan fingerprint density at radius 3 is 2.57 bits per heavy atom. The fraction of sp³-hybridized carbons (Fsp3) is 0.125. The number of hydrogen-bond acceptors (Lipinski definition) is 3. The zero-order valence-corrected chi connectivity index (χ0v) is 12.7. The molecule has 2 rings (SSSR count). The van der Waals surface area contributed by atoms with Crippen molar-refractivity contribution in [2.75, 3.05) is 11.4 Å². The number of aromatic carboxylic acids is 1. The largest absolute Gasteiger partial charge is 0.478 e. The van der Waals surface area contributed by atoms with E-state index in [4.69, 9.17) is 5.26 Å². The van der Waals surface area contributed by atoms with Gasteiger partial charge < -0.3 is 10.0 Å². The second kappa shape index (κ2) is 6.91. The van der Waals surface area contributed by atoms with Gasteiger partial charge in [0.05, 0.1) is 23.7 Å². The molecule has 2 aromatic carbocycles. The molecule has 0 aliphatic heterocycles. The van der Waals surface area contributed by atoms with Gasteiger partial charge in [0.25, 0.3) is 0 Å². The molecule has 0 bridgehead atoms. The van der Waals surface area contributed by atoms with E-state index in [1.807, 2.05) is 35.2 Å². The number of anilines is 2. The van der Waals surface area contributed by atoms with Crippen LogP contribution in [0.4, 0.5) is 11.4 Å². The van der Waals surface area contributed by atoms with Crippen LogP contribution in [0.5, 0.6) is 0 Å². The van der Waals surface area contributed by atoms with Crippen molar-refractivity contribution in [3.8, 4) is 6.07 Å². The average molecular weight is 345 g/mol. The molecule has 4 nitrogen and oxygen atoms in total. The fourth-order valence-corrected chi connectivity index (χ4v) is 2.42. The topological polar surface area (TPSA) is 64.3 Å². The lowest BCUT2D eigenvalue weighted by atomic mass is 10.1. The van der Waals surface area contributed by atoms with Gasteiger partial charge in [-0.15, -0.1) is 0 Å². The van der Waals surface area contributed by atoms with Crippen LogP contribution in [-0.2, 0) is 0 Å². The van der Waals surface area contributed by atoms with Crippen LogP contribution in [0.25, 0.3) is 0 Å². The summed E-state index contributed by atoms with van der Waals surface area (Å²) in [5.74, 6) is -0.990. The summed E-state index contributed by atoms with van der Waals surface area (Å²) in [5.41, 5.74) is 1.63. The number of carbonyl (C=O) groups is 1. The molecule has 0 amide bonds. The van der Waals surface area contributed by atoms with Crippen molar-refractivity contribution in [1.29, 1.82) is 5.26 Å². The molecule has 2 aromatic rings. The van der Waals surface area contributed by atoms with Crippen molar-refractivity contribution in [3.63, 3.8) is 0 Å². The van der Waals surface area contributed by atoms with Crippen molar-refractivity contribution in [2.45, 2.75) is 6.42 Å². The maximum atomic E-state index is 11.4. The van der Waals surface area contributed by atoms with Crippen molar-refractivity contribution in [3.05, 3.63) is 58.6 Å². The summed E-state index contributed by atoms with van der Waals surface area (Å²) in [4.78, 5) is 13.3. The van der Waals surface area contributed by atoms with E-state index in [-0.39, 0.29) is 5.56 Å². The monoisotopic (exact) mass is 344 g/mol. The van der Waals surface area contributed by atoms with Crippen LogP contribution in [0.1, 0.15) is 16.8 Å². The maximum Gasteiger partial charge on any atom is 0.337 e. The number of benzene rings is 2. The van der Waals surface area contributed by atoms with Gasteiger partial charge in [0, 0.05) is 16.7 Å². The number of carboxylic acids is 1. The molecule has 1 N–H and O–H groups in total. The Kier molecular flexibility index (Phi) is 4.96. The molecule has 106 valence electrons. The number of hydrogen-bond donors (Lipinski definition) is 1. The van der Waals surface area contributed by atoms with Gasteiger partial charge in [-0.3, -0.25) is 0 Å². The number of carboxylic acid groups (broad SMARTS) is 1. The molecule has 0 heterocycles. The Morgan fingerprint density at radius 2 is 1.95 bits per heavy atom. The van der Waals surface area contributed by atoms with Crippen molar-refractivity contribution < 1.29 is 9.90 Å². The summed E-state index contributed by atoms with van der Waals surface area (Å²) in [6, 6.07) is 16.6. The predicted molar refractivity (Wildman–Crippen MR) is 84.8 cm³/mol. The number of rotatable bonds is 5. The molecule has 0 radical (unpaired) electrons. The molecule has 0 saturated heterocycles. The quantitative estimate of drug-likeness (QED) is 0.882. The van der Waals surface area contributed by atoms with Crippen molar-refractivity contribution in [1.82, 2.24) is 0 Å². The van der Waals surface area contributed by atoms with E-state index in [1.54, 1.807) is 18.2 Å². The Bertz CT molecular complexity index is 680. The van der Waals surface area contributed by atoms with Crippen LogP contribution in [0.2, 0.25) is 0 Å². The predicted octanol–water partition coefficient (Wildman–Crippen LogP) is 4.20. The number of halogens is 1. The minimum Gasteiger partial charge on any atom is -0.478 e. The van der Waals surface area contributed by atoms with Crippen molar-refractivity contribution in [2.24, 2.45) is 0 Å². The molecule has 0 aromatic heterocycles. The molecule has 0 saturated carbocycles. The highest BCUT2D eigenvalue weighted by Crippen LogP contribution is 2.31. The van der Waals surface area contributed by atoms with Crippen LogP contribution in [0, 0.1) is 11.3 Å². The highest BCUT2D eigenvalue weighted by Gasteiger charge is 2.17. The van der Waals surface area contributed by atoms with Crippen LogP contribution in [0.15, 0.2) is 53.0 Å². The Morgan fingerprint density at radius 1 is 1.24 bits per heavy atom. The van der Waals surface area contributed by atoms with Crippen LogP contribution in [-0.4, -0.2) is 17.6 Å². The number of para-hydroxylation sites is 1. The summed E-state index contributed by atoms with van der Waals surface area (Å²) < 4.78 is 0.792. The minimum absolute atomic E-state index is 0.208. The maximum absolute atomic E-state index is 11.4. The number of nitriles is 1. The molecule has 0 atom stereocenters. The van der Waals surface area contributed by atoms with E-state index in [2.05, 4.69) is 22.0 Å². The lowest BCUT2D eigenvalue weighted by molar-refractivity contribution is 0.0697. The first-order chi connectivity index (χ1) is 10.1. The Hall–Kier alpha value is -2.32. The second-order valence-corrected chi connectivity index (χ2v) is 5.28. The zero-order chi connectivity index (χ0) is 15.2. The molecular formula is C16H13BrN2O2. The molecule has 0 aliphatic rings. The smallest absolute Gasteiger partial charge is 0.337 e. The van der Waals surface area contributed by atoms with Gasteiger partial charge in [-0.1, -0.05) is 34.1 Å². The molecule has 21 heavy (non-hydrogen) atoms. The highest BCUT2D eigenvalue weighted by atomic mass is 79.9. The first-order valence-electron chi connectivity index (χ1n) is 6.36. The third-order valence-electron chi connectivity index (χ3n) is 3.00. The molecule has 0 fully saturated rings. The Labute approximate surface area is 131 Å².